The van der Waals surface area contributed by atoms with E-state index in [0.717, 1.165) is 63.2 Å². The number of piperazine rings is 1. The molecule has 3 aromatic heterocycles. The SMILES string of the molecule is Cn1ncc2c(=O)[nH]c(N3CCN(CCn4nc5c(cc4=O)CCC5)CC3)nc21. The van der Waals surface area contributed by atoms with Gasteiger partial charge in [-0.3, -0.25) is 24.2 Å². The maximum absolute atomic E-state index is 12.3. The summed E-state index contributed by atoms with van der Waals surface area (Å²) < 4.78 is 3.22. The van der Waals surface area contributed by atoms with Gasteiger partial charge in [-0.25, -0.2) is 4.68 Å². The molecule has 1 aliphatic carbocycles. The number of fused-ring (bicyclic) bond motifs is 2. The number of hydrogen-bond donors (Lipinski definition) is 1. The van der Waals surface area contributed by atoms with Crippen LogP contribution in [0.15, 0.2) is 21.9 Å². The Labute approximate surface area is 166 Å². The quantitative estimate of drug-likeness (QED) is 0.635. The molecule has 1 saturated heterocycles. The molecule has 2 aliphatic rings. The molecule has 1 aliphatic heterocycles. The van der Waals surface area contributed by atoms with Crippen LogP contribution in [0.4, 0.5) is 5.95 Å². The molecule has 0 aromatic carbocycles. The van der Waals surface area contributed by atoms with Gasteiger partial charge in [0.25, 0.3) is 11.1 Å². The van der Waals surface area contributed by atoms with Gasteiger partial charge < -0.3 is 4.90 Å². The second-order valence-corrected chi connectivity index (χ2v) is 7.75. The Hall–Kier alpha value is -3.01. The molecule has 10 heteroatoms. The number of hydrogen-bond acceptors (Lipinski definition) is 7. The first-order valence-electron chi connectivity index (χ1n) is 10.1. The van der Waals surface area contributed by atoms with E-state index in [-0.39, 0.29) is 11.1 Å². The third kappa shape index (κ3) is 3.33. The average Bonchev–Trinajstić information content (AvgIpc) is 3.33. The van der Waals surface area contributed by atoms with E-state index < -0.39 is 0 Å². The van der Waals surface area contributed by atoms with Crippen molar-refractivity contribution in [1.82, 2.24) is 34.4 Å². The molecule has 5 rings (SSSR count). The Kier molecular flexibility index (Phi) is 4.42. The summed E-state index contributed by atoms with van der Waals surface area (Å²) >= 11 is 0. The fourth-order valence-electron chi connectivity index (χ4n) is 4.19. The summed E-state index contributed by atoms with van der Waals surface area (Å²) in [5.74, 6) is 0.585. The van der Waals surface area contributed by atoms with Crippen LogP contribution in [-0.4, -0.2) is 67.2 Å². The molecule has 29 heavy (non-hydrogen) atoms. The highest BCUT2D eigenvalue weighted by Gasteiger charge is 2.21. The summed E-state index contributed by atoms with van der Waals surface area (Å²) in [7, 11) is 1.78. The molecule has 0 bridgehead atoms. The van der Waals surface area contributed by atoms with Crippen molar-refractivity contribution in [1.29, 1.82) is 0 Å². The van der Waals surface area contributed by atoms with Gasteiger partial charge >= 0.3 is 0 Å². The molecule has 10 nitrogen and oxygen atoms in total. The molecule has 0 atom stereocenters. The highest BCUT2D eigenvalue weighted by Crippen LogP contribution is 2.17. The zero-order valence-electron chi connectivity index (χ0n) is 16.5. The maximum atomic E-state index is 12.3. The van der Waals surface area contributed by atoms with Crippen molar-refractivity contribution in [2.45, 2.75) is 25.8 Å². The van der Waals surface area contributed by atoms with Crippen LogP contribution in [0.2, 0.25) is 0 Å². The fraction of sp³-hybridized carbons (Fsp3) is 0.526. The highest BCUT2D eigenvalue weighted by molar-refractivity contribution is 5.74. The van der Waals surface area contributed by atoms with Crippen LogP contribution in [0.25, 0.3) is 11.0 Å². The highest BCUT2D eigenvalue weighted by atomic mass is 16.1. The van der Waals surface area contributed by atoms with Gasteiger partial charge in [0.1, 0.15) is 5.39 Å². The fourth-order valence-corrected chi connectivity index (χ4v) is 4.19. The van der Waals surface area contributed by atoms with E-state index in [0.29, 0.717) is 23.5 Å². The van der Waals surface area contributed by atoms with Gasteiger partial charge in [-0.05, 0) is 24.8 Å². The molecule has 0 radical (unpaired) electrons. The number of nitrogens with zero attached hydrogens (tertiary/aromatic N) is 7. The van der Waals surface area contributed by atoms with Gasteiger partial charge in [0.15, 0.2) is 5.65 Å². The minimum atomic E-state index is -0.164. The summed E-state index contributed by atoms with van der Waals surface area (Å²) in [6.07, 6.45) is 4.58. The largest absolute Gasteiger partial charge is 0.340 e. The lowest BCUT2D eigenvalue weighted by Crippen LogP contribution is -2.48. The van der Waals surface area contributed by atoms with Crippen molar-refractivity contribution < 1.29 is 0 Å². The van der Waals surface area contributed by atoms with Crippen LogP contribution in [0.1, 0.15) is 17.7 Å². The Bertz CT molecular complexity index is 1170. The molecule has 152 valence electrons. The van der Waals surface area contributed by atoms with E-state index in [1.54, 1.807) is 22.5 Å². The van der Waals surface area contributed by atoms with Gasteiger partial charge in [-0.2, -0.15) is 15.2 Å². The van der Waals surface area contributed by atoms with Crippen molar-refractivity contribution >= 4 is 17.0 Å². The number of aryl methyl sites for hydroxylation is 3. The first kappa shape index (κ1) is 18.0. The Morgan fingerprint density at radius 2 is 1.93 bits per heavy atom. The van der Waals surface area contributed by atoms with E-state index in [1.165, 1.54) is 6.20 Å². The average molecular weight is 396 g/mol. The molecule has 0 unspecified atom stereocenters. The minimum Gasteiger partial charge on any atom is -0.340 e. The van der Waals surface area contributed by atoms with Crippen molar-refractivity contribution in [3.8, 4) is 0 Å². The smallest absolute Gasteiger partial charge is 0.267 e. The van der Waals surface area contributed by atoms with Gasteiger partial charge in [-0.1, -0.05) is 0 Å². The van der Waals surface area contributed by atoms with Crippen molar-refractivity contribution in [2.75, 3.05) is 37.6 Å². The monoisotopic (exact) mass is 396 g/mol. The summed E-state index contributed by atoms with van der Waals surface area (Å²) in [5, 5.41) is 9.16. The Morgan fingerprint density at radius 1 is 1.10 bits per heavy atom. The van der Waals surface area contributed by atoms with Crippen molar-refractivity contribution in [3.63, 3.8) is 0 Å². The van der Waals surface area contributed by atoms with E-state index in [2.05, 4.69) is 30.0 Å². The van der Waals surface area contributed by atoms with Gasteiger partial charge in [0.05, 0.1) is 18.4 Å². The molecule has 0 saturated carbocycles. The summed E-state index contributed by atoms with van der Waals surface area (Å²) in [6.45, 7) is 4.59. The molecule has 4 heterocycles. The topological polar surface area (TPSA) is 105 Å². The number of rotatable bonds is 4. The predicted molar refractivity (Wildman–Crippen MR) is 108 cm³/mol. The number of nitrogens with one attached hydrogen (secondary N) is 1. The number of H-pyrrole nitrogens is 1. The summed E-state index contributed by atoms with van der Waals surface area (Å²) in [4.78, 5) is 36.4. The van der Waals surface area contributed by atoms with Gasteiger partial charge in [-0.15, -0.1) is 0 Å². The zero-order valence-corrected chi connectivity index (χ0v) is 16.5. The van der Waals surface area contributed by atoms with E-state index in [9.17, 15) is 9.59 Å². The third-order valence-corrected chi connectivity index (χ3v) is 5.91. The molecular formula is C19H24N8O2. The number of aromatic amines is 1. The first-order valence-corrected chi connectivity index (χ1v) is 10.1. The number of anilines is 1. The van der Waals surface area contributed by atoms with Crippen LogP contribution in [0.5, 0.6) is 0 Å². The lowest BCUT2D eigenvalue weighted by molar-refractivity contribution is 0.241. The lowest BCUT2D eigenvalue weighted by Gasteiger charge is -2.34. The molecule has 0 spiro atoms. The van der Waals surface area contributed by atoms with Gasteiger partial charge in [0.2, 0.25) is 5.95 Å². The predicted octanol–water partition coefficient (Wildman–Crippen LogP) is -0.476. The standard InChI is InChI=1S/C19H24N8O2/c1-24-17-14(12-20-24)18(29)22-19(21-17)26-8-5-25(6-9-26)7-10-27-16(28)11-13-3-2-4-15(13)23-27/h11-12H,2-10H2,1H3,(H,21,22,29). The van der Waals surface area contributed by atoms with Crippen LogP contribution >= 0.6 is 0 Å². The van der Waals surface area contributed by atoms with E-state index >= 15 is 0 Å². The molecule has 1 fully saturated rings. The van der Waals surface area contributed by atoms with Crippen LogP contribution in [0, 0.1) is 0 Å². The van der Waals surface area contributed by atoms with Crippen molar-refractivity contribution in [2.24, 2.45) is 7.05 Å². The van der Waals surface area contributed by atoms with E-state index in [4.69, 9.17) is 0 Å². The maximum Gasteiger partial charge on any atom is 0.267 e. The van der Waals surface area contributed by atoms with Crippen LogP contribution < -0.4 is 16.0 Å². The van der Waals surface area contributed by atoms with Gasteiger partial charge in [0, 0.05) is 45.8 Å². The third-order valence-electron chi connectivity index (χ3n) is 5.91. The zero-order chi connectivity index (χ0) is 20.0. The Morgan fingerprint density at radius 3 is 2.76 bits per heavy atom. The van der Waals surface area contributed by atoms with Crippen molar-refractivity contribution in [3.05, 3.63) is 44.2 Å². The van der Waals surface area contributed by atoms with E-state index in [1.807, 2.05) is 0 Å². The molecular weight excluding hydrogens is 372 g/mol. The summed E-state index contributed by atoms with van der Waals surface area (Å²) in [6, 6.07) is 1.75. The first-order chi connectivity index (χ1) is 14.1. The summed E-state index contributed by atoms with van der Waals surface area (Å²) in [5.41, 5.74) is 2.62. The minimum absolute atomic E-state index is 0.00413. The van der Waals surface area contributed by atoms with Crippen LogP contribution in [0.3, 0.4) is 0 Å². The molecule has 3 aromatic rings. The number of aromatic nitrogens is 6. The lowest BCUT2D eigenvalue weighted by atomic mass is 10.2. The normalized spacial score (nSPS) is 17.2. The Balaban J connectivity index is 1.23. The molecule has 0 amide bonds. The second kappa shape index (κ2) is 7.11. The molecule has 1 N–H and O–H groups in total. The second-order valence-electron chi connectivity index (χ2n) is 7.75. The van der Waals surface area contributed by atoms with Crippen LogP contribution in [-0.2, 0) is 26.4 Å².